The molecule has 96 valence electrons. The Bertz CT molecular complexity index is 431. The van der Waals surface area contributed by atoms with Gasteiger partial charge in [0, 0.05) is 18.7 Å². The van der Waals surface area contributed by atoms with Crippen LogP contribution < -0.4 is 0 Å². The molecule has 1 aliphatic rings. The number of aryl methyl sites for hydroxylation is 1. The Morgan fingerprint density at radius 2 is 2.06 bits per heavy atom. The average molecular weight is 243 g/mol. The molecule has 1 aliphatic carbocycles. The molecule has 2 heteroatoms. The molecule has 0 amide bonds. The fourth-order valence-electron chi connectivity index (χ4n) is 2.62. The number of nitrogens with zero attached hydrogens (tertiary/aromatic N) is 1. The lowest BCUT2D eigenvalue weighted by Gasteiger charge is -2.17. The lowest BCUT2D eigenvalue weighted by Crippen LogP contribution is -2.10. The van der Waals surface area contributed by atoms with E-state index >= 15 is 0 Å². The van der Waals surface area contributed by atoms with Gasteiger partial charge in [0.15, 0.2) is 0 Å². The number of hydrogen-bond acceptors (Lipinski definition) is 2. The lowest BCUT2D eigenvalue weighted by molar-refractivity contribution is -0.107. The van der Waals surface area contributed by atoms with E-state index in [1.165, 1.54) is 37.7 Å². The summed E-state index contributed by atoms with van der Waals surface area (Å²) >= 11 is 0. The van der Waals surface area contributed by atoms with Gasteiger partial charge in [0.1, 0.15) is 6.29 Å². The van der Waals surface area contributed by atoms with Gasteiger partial charge >= 0.3 is 0 Å². The Morgan fingerprint density at radius 1 is 1.28 bits per heavy atom. The fraction of sp³-hybridized carbons (Fsp3) is 0.500. The normalized spacial score (nSPS) is 17.2. The van der Waals surface area contributed by atoms with Crippen LogP contribution in [0.2, 0.25) is 0 Å². The Hall–Kier alpha value is -1.44. The third-order valence-electron chi connectivity index (χ3n) is 3.73. The van der Waals surface area contributed by atoms with Crippen molar-refractivity contribution in [3.05, 3.63) is 34.9 Å². The Morgan fingerprint density at radius 3 is 2.78 bits per heavy atom. The van der Waals surface area contributed by atoms with Gasteiger partial charge in [-0.2, -0.15) is 0 Å². The molecule has 1 aromatic rings. The molecular formula is C16H21NO. The van der Waals surface area contributed by atoms with Crippen molar-refractivity contribution in [2.24, 2.45) is 4.99 Å². The van der Waals surface area contributed by atoms with Crippen LogP contribution in [0, 0.1) is 6.92 Å². The highest BCUT2D eigenvalue weighted by molar-refractivity contribution is 5.83. The van der Waals surface area contributed by atoms with Crippen LogP contribution in [0.25, 0.3) is 0 Å². The molecule has 1 saturated carbocycles. The molecule has 0 radical (unpaired) electrons. The molecule has 0 heterocycles. The first-order valence-electron chi connectivity index (χ1n) is 6.86. The van der Waals surface area contributed by atoms with E-state index in [9.17, 15) is 4.79 Å². The Labute approximate surface area is 109 Å². The van der Waals surface area contributed by atoms with Gasteiger partial charge in [-0.05, 0) is 36.5 Å². The van der Waals surface area contributed by atoms with Gasteiger partial charge in [-0.3, -0.25) is 4.99 Å². The van der Waals surface area contributed by atoms with E-state index in [1.807, 2.05) is 12.3 Å². The highest BCUT2D eigenvalue weighted by Gasteiger charge is 2.11. The van der Waals surface area contributed by atoms with Gasteiger partial charge in [0.25, 0.3) is 0 Å². The zero-order valence-electron chi connectivity index (χ0n) is 11.1. The molecule has 0 unspecified atom stereocenters. The highest BCUT2D eigenvalue weighted by atomic mass is 16.1. The molecule has 0 aromatic heterocycles. The first kappa shape index (κ1) is 13.0. The number of rotatable bonds is 4. The fourth-order valence-corrected chi connectivity index (χ4v) is 2.62. The topological polar surface area (TPSA) is 29.4 Å². The standard InChI is InChI=1S/C16H21NO/c1-13-6-5-7-14(16(13)10-11-18)12-17-15-8-3-2-4-9-15/h5-7,11-12,15H,2-4,8-10H2,1H3. The third kappa shape index (κ3) is 3.28. The van der Waals surface area contributed by atoms with E-state index in [0.717, 1.165) is 17.4 Å². The summed E-state index contributed by atoms with van der Waals surface area (Å²) in [5, 5.41) is 0. The van der Waals surface area contributed by atoms with Crippen molar-refractivity contribution in [2.75, 3.05) is 0 Å². The molecule has 0 aliphatic heterocycles. The predicted octanol–water partition coefficient (Wildman–Crippen LogP) is 3.49. The van der Waals surface area contributed by atoms with Gasteiger partial charge < -0.3 is 4.79 Å². The summed E-state index contributed by atoms with van der Waals surface area (Å²) < 4.78 is 0. The van der Waals surface area contributed by atoms with E-state index in [4.69, 9.17) is 4.99 Å². The molecule has 2 nitrogen and oxygen atoms in total. The summed E-state index contributed by atoms with van der Waals surface area (Å²) in [6.07, 6.45) is 9.82. The molecule has 0 N–H and O–H groups in total. The molecule has 1 fully saturated rings. The van der Waals surface area contributed by atoms with Crippen LogP contribution in [-0.2, 0) is 11.2 Å². The van der Waals surface area contributed by atoms with E-state index in [2.05, 4.69) is 19.1 Å². The molecule has 0 spiro atoms. The summed E-state index contributed by atoms with van der Waals surface area (Å²) in [4.78, 5) is 15.4. The molecular weight excluding hydrogens is 222 g/mol. The van der Waals surface area contributed by atoms with Crippen LogP contribution in [0.4, 0.5) is 0 Å². The van der Waals surface area contributed by atoms with Crippen molar-refractivity contribution in [2.45, 2.75) is 51.5 Å². The zero-order chi connectivity index (χ0) is 12.8. The van der Waals surface area contributed by atoms with Crippen molar-refractivity contribution in [3.8, 4) is 0 Å². The average Bonchev–Trinajstić information content (AvgIpc) is 2.41. The van der Waals surface area contributed by atoms with Crippen molar-refractivity contribution >= 4 is 12.5 Å². The van der Waals surface area contributed by atoms with Crippen molar-refractivity contribution in [1.29, 1.82) is 0 Å². The Kier molecular flexibility index (Phi) is 4.68. The first-order valence-corrected chi connectivity index (χ1v) is 6.86. The monoisotopic (exact) mass is 243 g/mol. The molecule has 0 saturated heterocycles. The highest BCUT2D eigenvalue weighted by Crippen LogP contribution is 2.20. The van der Waals surface area contributed by atoms with Crippen LogP contribution in [0.3, 0.4) is 0 Å². The molecule has 0 atom stereocenters. The smallest absolute Gasteiger partial charge is 0.124 e. The summed E-state index contributed by atoms with van der Waals surface area (Å²) in [5.74, 6) is 0. The summed E-state index contributed by atoms with van der Waals surface area (Å²) in [5.41, 5.74) is 3.40. The zero-order valence-corrected chi connectivity index (χ0v) is 11.1. The minimum Gasteiger partial charge on any atom is -0.303 e. The van der Waals surface area contributed by atoms with E-state index in [0.29, 0.717) is 12.5 Å². The third-order valence-corrected chi connectivity index (χ3v) is 3.73. The molecule has 18 heavy (non-hydrogen) atoms. The number of carbonyl (C=O) groups excluding carboxylic acids is 1. The first-order chi connectivity index (χ1) is 8.81. The maximum absolute atomic E-state index is 10.7. The second-order valence-electron chi connectivity index (χ2n) is 5.08. The van der Waals surface area contributed by atoms with E-state index in [1.54, 1.807) is 0 Å². The quantitative estimate of drug-likeness (QED) is 0.588. The van der Waals surface area contributed by atoms with Gasteiger partial charge in [-0.25, -0.2) is 0 Å². The summed E-state index contributed by atoms with van der Waals surface area (Å²) in [6, 6.07) is 6.63. The van der Waals surface area contributed by atoms with Crippen molar-refractivity contribution < 1.29 is 4.79 Å². The minimum atomic E-state index is 0.485. The predicted molar refractivity (Wildman–Crippen MR) is 75.4 cm³/mol. The SMILES string of the molecule is Cc1cccc(C=NC2CCCCC2)c1CC=O. The van der Waals surface area contributed by atoms with Crippen LogP contribution in [-0.4, -0.2) is 18.5 Å². The van der Waals surface area contributed by atoms with Crippen LogP contribution >= 0.6 is 0 Å². The molecule has 1 aromatic carbocycles. The van der Waals surface area contributed by atoms with Crippen molar-refractivity contribution in [1.82, 2.24) is 0 Å². The van der Waals surface area contributed by atoms with Gasteiger partial charge in [0.2, 0.25) is 0 Å². The Balaban J connectivity index is 2.14. The van der Waals surface area contributed by atoms with Gasteiger partial charge in [-0.1, -0.05) is 37.5 Å². The number of hydrogen-bond donors (Lipinski definition) is 0. The number of aliphatic imine (C=N–C) groups is 1. The number of carbonyl (C=O) groups is 1. The minimum absolute atomic E-state index is 0.485. The van der Waals surface area contributed by atoms with Crippen molar-refractivity contribution in [3.63, 3.8) is 0 Å². The van der Waals surface area contributed by atoms with Gasteiger partial charge in [0.05, 0.1) is 0 Å². The number of aldehydes is 1. The van der Waals surface area contributed by atoms with E-state index < -0.39 is 0 Å². The second-order valence-corrected chi connectivity index (χ2v) is 5.08. The second kappa shape index (κ2) is 6.48. The van der Waals surface area contributed by atoms with Crippen LogP contribution in [0.1, 0.15) is 48.8 Å². The van der Waals surface area contributed by atoms with Crippen LogP contribution in [0.15, 0.2) is 23.2 Å². The molecule has 0 bridgehead atoms. The van der Waals surface area contributed by atoms with E-state index in [-0.39, 0.29) is 0 Å². The van der Waals surface area contributed by atoms with Gasteiger partial charge in [-0.15, -0.1) is 0 Å². The number of benzene rings is 1. The maximum atomic E-state index is 10.7. The summed E-state index contributed by atoms with van der Waals surface area (Å²) in [7, 11) is 0. The van der Waals surface area contributed by atoms with Crippen LogP contribution in [0.5, 0.6) is 0 Å². The molecule has 2 rings (SSSR count). The summed E-state index contributed by atoms with van der Waals surface area (Å²) in [6.45, 7) is 2.05. The largest absolute Gasteiger partial charge is 0.303 e. The maximum Gasteiger partial charge on any atom is 0.124 e. The lowest BCUT2D eigenvalue weighted by atomic mass is 9.95.